The van der Waals surface area contributed by atoms with E-state index in [-0.39, 0.29) is 5.78 Å². The minimum absolute atomic E-state index is 0.118. The number of hydrogen-bond donors (Lipinski definition) is 0. The van der Waals surface area contributed by atoms with Crippen LogP contribution >= 0.6 is 0 Å². The summed E-state index contributed by atoms with van der Waals surface area (Å²) < 4.78 is 5.13. The maximum Gasteiger partial charge on any atom is 0.172 e. The van der Waals surface area contributed by atoms with E-state index in [4.69, 9.17) is 4.74 Å². The lowest BCUT2D eigenvalue weighted by Crippen LogP contribution is -2.21. The number of carbonyl (C=O) groups excluding carboxylic acids is 1. The first-order chi connectivity index (χ1) is 10.0. The van der Waals surface area contributed by atoms with Crippen LogP contribution in [0.2, 0.25) is 0 Å². The zero-order valence-corrected chi connectivity index (χ0v) is 12.7. The summed E-state index contributed by atoms with van der Waals surface area (Å²) in [5, 5.41) is 0. The van der Waals surface area contributed by atoms with Crippen LogP contribution in [0.25, 0.3) is 6.08 Å². The molecule has 0 spiro atoms. The van der Waals surface area contributed by atoms with Crippen molar-refractivity contribution >= 4 is 11.9 Å². The Balaban J connectivity index is 2.15. The molecule has 0 aromatic heterocycles. The van der Waals surface area contributed by atoms with Gasteiger partial charge in [0.2, 0.25) is 0 Å². The molecule has 2 aromatic rings. The van der Waals surface area contributed by atoms with Gasteiger partial charge in [-0.25, -0.2) is 0 Å². The number of methoxy groups -OCH3 is 1. The molecule has 0 aliphatic rings. The largest absolute Gasteiger partial charge is 0.497 e. The highest BCUT2D eigenvalue weighted by Gasteiger charge is 2.25. The summed E-state index contributed by atoms with van der Waals surface area (Å²) in [6.45, 7) is 3.87. The topological polar surface area (TPSA) is 26.3 Å². The van der Waals surface area contributed by atoms with Crippen molar-refractivity contribution in [3.05, 3.63) is 71.8 Å². The lowest BCUT2D eigenvalue weighted by atomic mass is 9.83. The number of rotatable bonds is 5. The molecule has 0 aliphatic heterocycles. The lowest BCUT2D eigenvalue weighted by Gasteiger charge is -2.18. The normalized spacial score (nSPS) is 11.6. The third kappa shape index (κ3) is 3.82. The Morgan fingerprint density at radius 3 is 2.19 bits per heavy atom. The predicted molar refractivity (Wildman–Crippen MR) is 86.6 cm³/mol. The molecule has 0 N–H and O–H groups in total. The van der Waals surface area contributed by atoms with Gasteiger partial charge >= 0.3 is 0 Å². The van der Waals surface area contributed by atoms with Crippen LogP contribution in [0, 0.1) is 5.41 Å². The molecule has 0 heterocycles. The quantitative estimate of drug-likeness (QED) is 0.747. The second-order valence-electron chi connectivity index (χ2n) is 5.52. The maximum atomic E-state index is 12.5. The summed E-state index contributed by atoms with van der Waals surface area (Å²) in [4.78, 5) is 12.5. The molecule has 0 saturated heterocycles. The Morgan fingerprint density at radius 1 is 1.00 bits per heavy atom. The number of allylic oxidation sites excluding steroid dienone is 1. The molecule has 2 aromatic carbocycles. The molecular formula is C19H20O2. The molecular weight excluding hydrogens is 260 g/mol. The number of ether oxygens (including phenoxy) is 1. The molecule has 21 heavy (non-hydrogen) atoms. The first-order valence-electron chi connectivity index (χ1n) is 6.96. The molecule has 0 unspecified atom stereocenters. The fraction of sp³-hybridized carbons (Fsp3) is 0.211. The molecule has 108 valence electrons. The average molecular weight is 280 g/mol. The molecule has 2 rings (SSSR count). The number of Topliss-reactive ketones (excluding diaryl/α,β-unsaturated/α-hetero) is 1. The van der Waals surface area contributed by atoms with E-state index in [1.165, 1.54) is 0 Å². The van der Waals surface area contributed by atoms with Crippen LogP contribution in [0.5, 0.6) is 5.75 Å². The molecule has 2 nitrogen and oxygen atoms in total. The van der Waals surface area contributed by atoms with Gasteiger partial charge in [-0.1, -0.05) is 54.6 Å². The monoisotopic (exact) mass is 280 g/mol. The van der Waals surface area contributed by atoms with Gasteiger partial charge in [-0.05, 0) is 31.5 Å². The van der Waals surface area contributed by atoms with E-state index in [0.29, 0.717) is 0 Å². The van der Waals surface area contributed by atoms with Crippen LogP contribution < -0.4 is 4.74 Å². The Kier molecular flexibility index (Phi) is 4.59. The van der Waals surface area contributed by atoms with Gasteiger partial charge < -0.3 is 4.74 Å². The van der Waals surface area contributed by atoms with Crippen molar-refractivity contribution in [2.24, 2.45) is 5.41 Å². The van der Waals surface area contributed by atoms with E-state index in [2.05, 4.69) is 0 Å². The van der Waals surface area contributed by atoms with Gasteiger partial charge in [0.05, 0.1) is 7.11 Å². The Morgan fingerprint density at radius 2 is 1.62 bits per heavy atom. The molecule has 0 fully saturated rings. The summed E-state index contributed by atoms with van der Waals surface area (Å²) >= 11 is 0. The molecule has 0 aliphatic carbocycles. The minimum atomic E-state index is -0.540. The molecule has 0 radical (unpaired) electrons. The highest BCUT2D eigenvalue weighted by atomic mass is 16.5. The van der Waals surface area contributed by atoms with Crippen LogP contribution in [0.4, 0.5) is 0 Å². The van der Waals surface area contributed by atoms with Gasteiger partial charge in [0.15, 0.2) is 5.78 Å². The fourth-order valence-electron chi connectivity index (χ4n) is 2.06. The standard InChI is InChI=1S/C19H20O2/c1-19(2,18(20)16-7-5-4-6-8-16)14-13-15-9-11-17(21-3)12-10-15/h4-14H,1-3H3/b14-13+. The molecule has 0 bridgehead atoms. The van der Waals surface area contributed by atoms with E-state index in [9.17, 15) is 4.79 Å². The van der Waals surface area contributed by atoms with Gasteiger partial charge in [-0.15, -0.1) is 0 Å². The van der Waals surface area contributed by atoms with Crippen molar-refractivity contribution < 1.29 is 9.53 Å². The van der Waals surface area contributed by atoms with E-state index >= 15 is 0 Å². The molecule has 2 heteroatoms. The fourth-order valence-corrected chi connectivity index (χ4v) is 2.06. The first kappa shape index (κ1) is 15.0. The van der Waals surface area contributed by atoms with Crippen molar-refractivity contribution in [3.63, 3.8) is 0 Å². The van der Waals surface area contributed by atoms with Crippen molar-refractivity contribution in [2.75, 3.05) is 7.11 Å². The van der Waals surface area contributed by atoms with Gasteiger partial charge in [-0.3, -0.25) is 4.79 Å². The predicted octanol–water partition coefficient (Wildman–Crippen LogP) is 4.62. The molecule has 0 amide bonds. The number of carbonyl (C=O) groups is 1. The van der Waals surface area contributed by atoms with Crippen molar-refractivity contribution in [1.29, 1.82) is 0 Å². The van der Waals surface area contributed by atoms with Gasteiger partial charge in [0.1, 0.15) is 5.75 Å². The Labute approximate surface area is 126 Å². The second-order valence-corrected chi connectivity index (χ2v) is 5.52. The summed E-state index contributed by atoms with van der Waals surface area (Å²) in [5.74, 6) is 0.944. The van der Waals surface area contributed by atoms with Gasteiger partial charge in [0.25, 0.3) is 0 Å². The highest BCUT2D eigenvalue weighted by molar-refractivity contribution is 6.01. The second kappa shape index (κ2) is 6.40. The van der Waals surface area contributed by atoms with Crippen LogP contribution in [0.15, 0.2) is 60.7 Å². The number of ketones is 1. The van der Waals surface area contributed by atoms with E-state index in [0.717, 1.165) is 16.9 Å². The van der Waals surface area contributed by atoms with Gasteiger partial charge in [0, 0.05) is 11.0 Å². The number of hydrogen-bond acceptors (Lipinski definition) is 2. The summed E-state index contributed by atoms with van der Waals surface area (Å²) in [7, 11) is 1.65. The Hall–Kier alpha value is -2.35. The smallest absolute Gasteiger partial charge is 0.172 e. The minimum Gasteiger partial charge on any atom is -0.497 e. The van der Waals surface area contributed by atoms with Crippen molar-refractivity contribution in [2.45, 2.75) is 13.8 Å². The zero-order valence-electron chi connectivity index (χ0n) is 12.7. The van der Waals surface area contributed by atoms with Crippen LogP contribution in [0.3, 0.4) is 0 Å². The van der Waals surface area contributed by atoms with E-state index < -0.39 is 5.41 Å². The SMILES string of the molecule is COc1ccc(/C=C/C(C)(C)C(=O)c2ccccc2)cc1. The average Bonchev–Trinajstić information content (AvgIpc) is 2.53. The summed E-state index contributed by atoms with van der Waals surface area (Å²) in [5.41, 5.74) is 1.24. The molecule has 0 atom stereocenters. The first-order valence-corrected chi connectivity index (χ1v) is 6.96. The maximum absolute atomic E-state index is 12.5. The zero-order chi connectivity index (χ0) is 15.3. The van der Waals surface area contributed by atoms with E-state index in [1.54, 1.807) is 7.11 Å². The third-order valence-electron chi connectivity index (χ3n) is 3.43. The van der Waals surface area contributed by atoms with Crippen molar-refractivity contribution in [1.82, 2.24) is 0 Å². The van der Waals surface area contributed by atoms with E-state index in [1.807, 2.05) is 80.6 Å². The molecule has 0 saturated carbocycles. The van der Waals surface area contributed by atoms with Crippen LogP contribution in [-0.4, -0.2) is 12.9 Å². The van der Waals surface area contributed by atoms with Gasteiger partial charge in [-0.2, -0.15) is 0 Å². The summed E-state index contributed by atoms with van der Waals surface area (Å²) in [6.07, 6.45) is 3.92. The van der Waals surface area contributed by atoms with Crippen molar-refractivity contribution in [3.8, 4) is 5.75 Å². The van der Waals surface area contributed by atoms with Crippen LogP contribution in [-0.2, 0) is 0 Å². The highest BCUT2D eigenvalue weighted by Crippen LogP contribution is 2.25. The Bertz CT molecular complexity index is 622. The van der Waals surface area contributed by atoms with Crippen LogP contribution in [0.1, 0.15) is 29.8 Å². The third-order valence-corrected chi connectivity index (χ3v) is 3.43. The lowest BCUT2D eigenvalue weighted by molar-refractivity contribution is 0.0886. The number of benzene rings is 2. The summed E-state index contributed by atoms with van der Waals surface area (Å²) in [6, 6.07) is 17.1.